The van der Waals surface area contributed by atoms with E-state index in [2.05, 4.69) is 54.4 Å². The Morgan fingerprint density at radius 1 is 0.972 bits per heavy atom. The maximum Gasteiger partial charge on any atom is 0.164 e. The van der Waals surface area contributed by atoms with E-state index < -0.39 is 5.41 Å². The molecule has 0 fully saturated rings. The summed E-state index contributed by atoms with van der Waals surface area (Å²) in [6, 6.07) is 20.6. The molecule has 3 nitrogen and oxygen atoms in total. The van der Waals surface area contributed by atoms with Crippen LogP contribution < -0.4 is 0 Å². The number of aliphatic hydroxyl groups is 1. The number of ketones is 1. The number of aromatic nitrogens is 1. The van der Waals surface area contributed by atoms with Crippen LogP contribution in [0.5, 0.6) is 0 Å². The molecule has 0 saturated heterocycles. The zero-order valence-electron chi connectivity index (χ0n) is 21.8. The quantitative estimate of drug-likeness (QED) is 0.0837. The van der Waals surface area contributed by atoms with Gasteiger partial charge in [-0.2, -0.15) is 0 Å². The Balaban J connectivity index is 0.000000226. The number of allylic oxidation sites excluding steroid dienone is 2. The molecule has 0 saturated carbocycles. The van der Waals surface area contributed by atoms with Crippen LogP contribution >= 0.6 is 11.8 Å². The monoisotopic (exact) mass is 675 g/mol. The third kappa shape index (κ3) is 5.75. The van der Waals surface area contributed by atoms with Crippen LogP contribution in [0.3, 0.4) is 0 Å². The largest absolute Gasteiger partial charge is 0.512 e. The maximum absolute atomic E-state index is 11.5. The molecule has 2 heterocycles. The van der Waals surface area contributed by atoms with Crippen molar-refractivity contribution in [3.63, 3.8) is 0 Å². The fourth-order valence-electron chi connectivity index (χ4n) is 3.83. The molecule has 1 aliphatic heterocycles. The molecule has 1 aliphatic rings. The molecule has 1 N–H and O–H groups in total. The molecule has 36 heavy (non-hydrogen) atoms. The third-order valence-electron chi connectivity index (χ3n) is 6.03. The average molecular weight is 675 g/mol. The van der Waals surface area contributed by atoms with Gasteiger partial charge in [0.15, 0.2) is 5.78 Å². The number of carbonyl (C=O) groups excluding carboxylic acids is 1. The van der Waals surface area contributed by atoms with Crippen LogP contribution in [0.4, 0.5) is 0 Å². The zero-order chi connectivity index (χ0) is 25.5. The molecule has 0 spiro atoms. The van der Waals surface area contributed by atoms with Gasteiger partial charge in [-0.3, -0.25) is 4.79 Å². The first-order valence-electron chi connectivity index (χ1n) is 11.8. The minimum atomic E-state index is -0.417. The van der Waals surface area contributed by atoms with Gasteiger partial charge in [-0.15, -0.1) is 41.6 Å². The molecule has 0 amide bonds. The number of rotatable bonds is 1. The van der Waals surface area contributed by atoms with Gasteiger partial charge in [-0.25, -0.2) is 0 Å². The summed E-state index contributed by atoms with van der Waals surface area (Å²) in [7, 11) is 0. The SMILES string of the molecule is CC(C)(C)C(=O)/C=C(\O)C(C)(C)C.Cc1ccc2c(c1)cc1c3c(nccc32)-c2[c-]cccc2S1.[Ir]. The number of fused-ring (bicyclic) bond motifs is 4. The van der Waals surface area contributed by atoms with Gasteiger partial charge in [0.2, 0.25) is 0 Å². The Kier molecular flexibility index (Phi) is 8.20. The van der Waals surface area contributed by atoms with Crippen LogP contribution in [-0.2, 0) is 24.9 Å². The maximum atomic E-state index is 11.5. The van der Waals surface area contributed by atoms with Gasteiger partial charge in [0.25, 0.3) is 0 Å². The topological polar surface area (TPSA) is 50.2 Å². The second kappa shape index (κ2) is 10.5. The molecular weight excluding hydrogens is 643 g/mol. The number of aliphatic hydroxyl groups excluding tert-OH is 1. The summed E-state index contributed by atoms with van der Waals surface area (Å²) in [5, 5.41) is 14.7. The predicted octanol–water partition coefficient (Wildman–Crippen LogP) is 8.72. The summed E-state index contributed by atoms with van der Waals surface area (Å²) in [6.45, 7) is 13.3. The van der Waals surface area contributed by atoms with Gasteiger partial charge in [-0.05, 0) is 46.3 Å². The van der Waals surface area contributed by atoms with Crippen LogP contribution in [0.2, 0.25) is 0 Å². The third-order valence-corrected chi connectivity index (χ3v) is 7.13. The Labute approximate surface area is 231 Å². The summed E-state index contributed by atoms with van der Waals surface area (Å²) >= 11 is 1.82. The molecule has 0 aliphatic carbocycles. The first-order valence-corrected chi connectivity index (χ1v) is 12.6. The number of hydrogen-bond acceptors (Lipinski definition) is 4. The summed E-state index contributed by atoms with van der Waals surface area (Å²) < 4.78 is 0. The van der Waals surface area contributed by atoms with Crippen molar-refractivity contribution in [1.29, 1.82) is 0 Å². The van der Waals surface area contributed by atoms with Crippen molar-refractivity contribution in [3.8, 4) is 11.3 Å². The minimum Gasteiger partial charge on any atom is -0.512 e. The van der Waals surface area contributed by atoms with Crippen molar-refractivity contribution < 1.29 is 30.0 Å². The van der Waals surface area contributed by atoms with Crippen molar-refractivity contribution in [3.05, 3.63) is 78.2 Å². The van der Waals surface area contributed by atoms with Gasteiger partial charge < -0.3 is 10.1 Å². The van der Waals surface area contributed by atoms with Crippen LogP contribution in [0, 0.1) is 23.8 Å². The fourth-order valence-corrected chi connectivity index (χ4v) is 4.97. The van der Waals surface area contributed by atoms with Gasteiger partial charge in [0.1, 0.15) is 5.76 Å². The number of aryl methyl sites for hydroxylation is 1. The van der Waals surface area contributed by atoms with Crippen molar-refractivity contribution in [2.75, 3.05) is 0 Å². The first-order chi connectivity index (χ1) is 16.4. The van der Waals surface area contributed by atoms with E-state index >= 15 is 0 Å². The van der Waals surface area contributed by atoms with Crippen molar-refractivity contribution in [2.45, 2.75) is 58.3 Å². The summed E-state index contributed by atoms with van der Waals surface area (Å²) in [4.78, 5) is 18.7. The Morgan fingerprint density at radius 2 is 1.69 bits per heavy atom. The zero-order valence-corrected chi connectivity index (χ0v) is 25.0. The molecule has 189 valence electrons. The second-order valence-electron chi connectivity index (χ2n) is 11.1. The predicted molar refractivity (Wildman–Crippen MR) is 147 cm³/mol. The van der Waals surface area contributed by atoms with Gasteiger partial charge in [0, 0.05) is 48.1 Å². The molecule has 5 rings (SSSR count). The molecule has 0 bridgehead atoms. The molecule has 0 atom stereocenters. The second-order valence-corrected chi connectivity index (χ2v) is 12.2. The van der Waals surface area contributed by atoms with Crippen LogP contribution in [0.15, 0.2) is 76.4 Å². The fraction of sp³-hybridized carbons (Fsp3) is 0.290. The number of benzene rings is 3. The van der Waals surface area contributed by atoms with Gasteiger partial charge in [0.05, 0.1) is 0 Å². The molecule has 0 unspecified atom stereocenters. The molecule has 1 aromatic heterocycles. The van der Waals surface area contributed by atoms with E-state index in [-0.39, 0.29) is 37.1 Å². The Bertz CT molecular complexity index is 1480. The average Bonchev–Trinajstić information content (AvgIpc) is 2.78. The van der Waals surface area contributed by atoms with E-state index in [9.17, 15) is 9.90 Å². The van der Waals surface area contributed by atoms with E-state index in [0.29, 0.717) is 0 Å². The van der Waals surface area contributed by atoms with Crippen LogP contribution in [0.1, 0.15) is 47.1 Å². The molecule has 3 aromatic carbocycles. The van der Waals surface area contributed by atoms with E-state index in [1.54, 1.807) is 0 Å². The first kappa shape index (κ1) is 28.1. The van der Waals surface area contributed by atoms with E-state index in [0.717, 1.165) is 11.3 Å². The van der Waals surface area contributed by atoms with Crippen LogP contribution in [-0.4, -0.2) is 15.9 Å². The summed E-state index contributed by atoms with van der Waals surface area (Å²) in [5.41, 5.74) is 2.71. The number of nitrogens with zero attached hydrogens (tertiary/aromatic N) is 1. The molecule has 1 radical (unpaired) electrons. The van der Waals surface area contributed by atoms with Crippen molar-refractivity contribution in [1.82, 2.24) is 4.98 Å². The number of carbonyl (C=O) groups is 1. The van der Waals surface area contributed by atoms with E-state index in [1.807, 2.05) is 71.6 Å². The summed E-state index contributed by atoms with van der Waals surface area (Å²) in [5.74, 6) is 0.104. The van der Waals surface area contributed by atoms with E-state index in [1.165, 1.54) is 43.0 Å². The Hall–Kier alpha value is -2.46. The minimum absolute atomic E-state index is 0. The van der Waals surface area contributed by atoms with E-state index in [4.69, 9.17) is 0 Å². The van der Waals surface area contributed by atoms with Crippen LogP contribution in [0.25, 0.3) is 32.8 Å². The molecular formula is C31H32IrNO2S-. The summed E-state index contributed by atoms with van der Waals surface area (Å²) in [6.07, 6.45) is 3.25. The van der Waals surface area contributed by atoms with Crippen molar-refractivity contribution >= 4 is 39.1 Å². The molecule has 5 heteroatoms. The normalized spacial score (nSPS) is 12.9. The van der Waals surface area contributed by atoms with Crippen molar-refractivity contribution in [2.24, 2.45) is 10.8 Å². The number of pyridine rings is 1. The number of hydrogen-bond donors (Lipinski definition) is 1. The smallest absolute Gasteiger partial charge is 0.164 e. The molecule has 4 aromatic rings. The standard InChI is InChI=1S/C20H12NS.C11H20O2.Ir/c1-12-6-7-14-13(10-12)11-18-19-15(14)8-9-21-20(19)16-4-2-3-5-17(16)22-18;1-10(2,3)8(12)7-9(13)11(4,5)6;/h2-3,5-11H,1H3;7,12H,1-6H3;/q-1;;/b;8-7-;. The van der Waals surface area contributed by atoms with Gasteiger partial charge in [-0.1, -0.05) is 70.2 Å². The Morgan fingerprint density at radius 3 is 2.36 bits per heavy atom. The van der Waals surface area contributed by atoms with Gasteiger partial charge >= 0.3 is 0 Å².